The highest BCUT2D eigenvalue weighted by molar-refractivity contribution is 6.10. The van der Waals surface area contributed by atoms with Gasteiger partial charge in [-0.05, 0) is 49.6 Å². The number of carbonyl (C=O) groups excluding carboxylic acids is 1. The molecule has 0 fully saturated rings. The van der Waals surface area contributed by atoms with Crippen molar-refractivity contribution in [3.8, 4) is 11.1 Å². The Balaban J connectivity index is 2.16. The van der Waals surface area contributed by atoms with Crippen LogP contribution in [0, 0.1) is 5.82 Å². The molecule has 0 aliphatic rings. The third-order valence-corrected chi connectivity index (χ3v) is 4.59. The van der Waals surface area contributed by atoms with Crippen LogP contribution in [0.15, 0.2) is 60.8 Å². The second-order valence-electron chi connectivity index (χ2n) is 7.29. The summed E-state index contributed by atoms with van der Waals surface area (Å²) in [5.41, 5.74) is 4.03. The monoisotopic (exact) mass is 364 g/mol. The fourth-order valence-electron chi connectivity index (χ4n) is 3.36. The maximum absolute atomic E-state index is 13.4. The summed E-state index contributed by atoms with van der Waals surface area (Å²) < 4.78 is 15.5. The predicted octanol–water partition coefficient (Wildman–Crippen LogP) is 6.25. The summed E-state index contributed by atoms with van der Waals surface area (Å²) in [6.45, 7) is 8.36. The van der Waals surface area contributed by atoms with E-state index in [2.05, 4.69) is 37.6 Å². The normalized spacial score (nSPS) is 11.2. The fraction of sp³-hybridized carbons (Fsp3) is 0.261. The predicted molar refractivity (Wildman–Crippen MR) is 109 cm³/mol. The number of carbonyl (C=O) groups is 1. The number of aromatic nitrogens is 1. The van der Waals surface area contributed by atoms with Gasteiger partial charge < -0.3 is 9.88 Å². The van der Waals surface area contributed by atoms with Crippen LogP contribution in [0.25, 0.3) is 11.1 Å². The van der Waals surface area contributed by atoms with Crippen molar-refractivity contribution in [3.05, 3.63) is 77.9 Å². The van der Waals surface area contributed by atoms with Crippen LogP contribution in [0.3, 0.4) is 0 Å². The van der Waals surface area contributed by atoms with E-state index >= 15 is 0 Å². The molecule has 27 heavy (non-hydrogen) atoms. The quantitative estimate of drug-likeness (QED) is 0.570. The number of amides is 1. The number of anilines is 1. The molecule has 1 amide bonds. The third-order valence-electron chi connectivity index (χ3n) is 4.59. The largest absolute Gasteiger partial charge is 0.347 e. The smallest absolute Gasteiger partial charge is 0.258 e. The SMILES string of the molecule is CC(C)c1c(C(=O)Nc2ccccc2)c(-c2ccc(F)cc2)cn1C(C)C. The van der Waals surface area contributed by atoms with Gasteiger partial charge in [-0.25, -0.2) is 4.39 Å². The minimum Gasteiger partial charge on any atom is -0.347 e. The van der Waals surface area contributed by atoms with E-state index in [1.165, 1.54) is 12.1 Å². The first-order valence-corrected chi connectivity index (χ1v) is 9.25. The highest BCUT2D eigenvalue weighted by Crippen LogP contribution is 2.35. The fourth-order valence-corrected chi connectivity index (χ4v) is 3.36. The Labute approximate surface area is 159 Å². The van der Waals surface area contributed by atoms with Crippen LogP contribution in [0.5, 0.6) is 0 Å². The summed E-state index contributed by atoms with van der Waals surface area (Å²) in [5, 5.41) is 3.00. The van der Waals surface area contributed by atoms with Gasteiger partial charge in [-0.1, -0.05) is 44.2 Å². The molecule has 0 saturated heterocycles. The summed E-state index contributed by atoms with van der Waals surface area (Å²) in [6, 6.07) is 15.9. The van der Waals surface area contributed by atoms with E-state index in [1.54, 1.807) is 12.1 Å². The Morgan fingerprint density at radius 2 is 1.59 bits per heavy atom. The molecule has 1 aromatic heterocycles. The van der Waals surface area contributed by atoms with E-state index < -0.39 is 0 Å². The zero-order chi connectivity index (χ0) is 19.6. The molecular weight excluding hydrogens is 339 g/mol. The van der Waals surface area contributed by atoms with E-state index in [4.69, 9.17) is 0 Å². The number of para-hydroxylation sites is 1. The van der Waals surface area contributed by atoms with Crippen molar-refractivity contribution >= 4 is 11.6 Å². The van der Waals surface area contributed by atoms with E-state index in [9.17, 15) is 9.18 Å². The molecule has 4 heteroatoms. The Morgan fingerprint density at radius 3 is 2.15 bits per heavy atom. The van der Waals surface area contributed by atoms with Crippen LogP contribution < -0.4 is 5.32 Å². The van der Waals surface area contributed by atoms with Crippen molar-refractivity contribution in [3.63, 3.8) is 0 Å². The standard InChI is InChI=1S/C23H25FN2O/c1-15(2)22-21(23(27)25-19-8-6-5-7-9-19)20(14-26(22)16(3)4)17-10-12-18(24)13-11-17/h5-16H,1-4H3,(H,25,27). The molecule has 0 unspecified atom stereocenters. The minimum atomic E-state index is -0.290. The van der Waals surface area contributed by atoms with Crippen molar-refractivity contribution in [1.29, 1.82) is 0 Å². The minimum absolute atomic E-state index is 0.149. The third kappa shape index (κ3) is 3.95. The van der Waals surface area contributed by atoms with Gasteiger partial charge in [0, 0.05) is 29.2 Å². The average molecular weight is 364 g/mol. The van der Waals surface area contributed by atoms with Crippen molar-refractivity contribution < 1.29 is 9.18 Å². The summed E-state index contributed by atoms with van der Waals surface area (Å²) in [4.78, 5) is 13.2. The lowest BCUT2D eigenvalue weighted by atomic mass is 9.97. The first-order valence-electron chi connectivity index (χ1n) is 9.25. The second kappa shape index (κ2) is 7.78. The highest BCUT2D eigenvalue weighted by atomic mass is 19.1. The van der Waals surface area contributed by atoms with Gasteiger partial charge in [-0.2, -0.15) is 0 Å². The Hall–Kier alpha value is -2.88. The molecule has 3 rings (SSSR count). The Morgan fingerprint density at radius 1 is 0.963 bits per heavy atom. The van der Waals surface area contributed by atoms with Crippen LogP contribution >= 0.6 is 0 Å². The van der Waals surface area contributed by atoms with Crippen LogP contribution in [-0.4, -0.2) is 10.5 Å². The van der Waals surface area contributed by atoms with E-state index in [0.29, 0.717) is 5.56 Å². The van der Waals surface area contributed by atoms with Crippen LogP contribution in [0.1, 0.15) is 55.7 Å². The summed E-state index contributed by atoms with van der Waals surface area (Å²) in [7, 11) is 0. The zero-order valence-corrected chi connectivity index (χ0v) is 16.2. The lowest BCUT2D eigenvalue weighted by Gasteiger charge is -2.17. The summed E-state index contributed by atoms with van der Waals surface area (Å²) >= 11 is 0. The van der Waals surface area contributed by atoms with Crippen LogP contribution in [0.2, 0.25) is 0 Å². The van der Waals surface area contributed by atoms with Gasteiger partial charge in [0.25, 0.3) is 5.91 Å². The molecule has 0 saturated carbocycles. The molecule has 0 bridgehead atoms. The lowest BCUT2D eigenvalue weighted by molar-refractivity contribution is 0.102. The number of halogens is 1. The lowest BCUT2D eigenvalue weighted by Crippen LogP contribution is -2.16. The zero-order valence-electron chi connectivity index (χ0n) is 16.2. The molecule has 140 valence electrons. The molecule has 0 spiro atoms. The molecule has 0 atom stereocenters. The Bertz CT molecular complexity index is 925. The summed E-state index contributed by atoms with van der Waals surface area (Å²) in [6.07, 6.45) is 2.01. The topological polar surface area (TPSA) is 34.0 Å². The van der Waals surface area contributed by atoms with Gasteiger partial charge in [0.05, 0.1) is 5.56 Å². The number of hydrogen-bond donors (Lipinski definition) is 1. The van der Waals surface area contributed by atoms with Gasteiger partial charge in [-0.15, -0.1) is 0 Å². The van der Waals surface area contributed by atoms with Crippen molar-refractivity contribution in [2.45, 2.75) is 39.7 Å². The second-order valence-corrected chi connectivity index (χ2v) is 7.29. The molecule has 0 radical (unpaired) electrons. The molecule has 1 heterocycles. The maximum Gasteiger partial charge on any atom is 0.258 e. The molecule has 3 aromatic rings. The van der Waals surface area contributed by atoms with E-state index in [1.807, 2.05) is 36.5 Å². The molecule has 0 aliphatic heterocycles. The highest BCUT2D eigenvalue weighted by Gasteiger charge is 2.25. The molecule has 1 N–H and O–H groups in total. The first-order chi connectivity index (χ1) is 12.9. The van der Waals surface area contributed by atoms with Gasteiger partial charge in [-0.3, -0.25) is 4.79 Å². The van der Waals surface area contributed by atoms with Crippen molar-refractivity contribution in [2.24, 2.45) is 0 Å². The number of benzene rings is 2. The maximum atomic E-state index is 13.4. The van der Waals surface area contributed by atoms with Crippen LogP contribution in [0.4, 0.5) is 10.1 Å². The van der Waals surface area contributed by atoms with Gasteiger partial charge >= 0.3 is 0 Å². The van der Waals surface area contributed by atoms with Gasteiger partial charge in [0.15, 0.2) is 0 Å². The number of hydrogen-bond acceptors (Lipinski definition) is 1. The van der Waals surface area contributed by atoms with Crippen molar-refractivity contribution in [2.75, 3.05) is 5.32 Å². The number of rotatable bonds is 5. The summed E-state index contributed by atoms with van der Waals surface area (Å²) in [5.74, 6) is -0.275. The van der Waals surface area contributed by atoms with Gasteiger partial charge in [0.1, 0.15) is 5.82 Å². The molecule has 2 aromatic carbocycles. The van der Waals surface area contributed by atoms with Crippen LogP contribution in [-0.2, 0) is 0 Å². The molecular formula is C23H25FN2O. The Kier molecular flexibility index (Phi) is 5.45. The van der Waals surface area contributed by atoms with E-state index in [-0.39, 0.29) is 23.7 Å². The first kappa shape index (κ1) is 18.9. The average Bonchev–Trinajstić information content (AvgIpc) is 3.04. The molecule has 3 nitrogen and oxygen atoms in total. The van der Waals surface area contributed by atoms with Crippen molar-refractivity contribution in [1.82, 2.24) is 4.57 Å². The van der Waals surface area contributed by atoms with Gasteiger partial charge in [0.2, 0.25) is 0 Å². The number of nitrogens with zero attached hydrogens (tertiary/aromatic N) is 1. The molecule has 0 aliphatic carbocycles. The van der Waals surface area contributed by atoms with E-state index in [0.717, 1.165) is 22.5 Å². The number of nitrogens with one attached hydrogen (secondary N) is 1.